The van der Waals surface area contributed by atoms with Crippen molar-refractivity contribution in [3.05, 3.63) is 0 Å². The molecule has 2 rings (SSSR count). The van der Waals surface area contributed by atoms with E-state index in [0.29, 0.717) is 26.3 Å². The maximum atomic E-state index is 12.2. The normalized spacial score (nSPS) is 23.1. The van der Waals surface area contributed by atoms with Gasteiger partial charge in [-0.2, -0.15) is 4.31 Å². The Hall–Kier alpha value is -0.410. The van der Waals surface area contributed by atoms with Crippen LogP contribution in [-0.4, -0.2) is 82.3 Å². The first-order chi connectivity index (χ1) is 9.49. The number of likely N-dealkylation sites (N-methyl/N-ethyl adjacent to an activating group) is 1. The second-order valence-electron chi connectivity index (χ2n) is 5.39. The first kappa shape index (κ1) is 18.6. The SMILES string of the molecule is CN(CC(=O)N1CCNCC1)S(=O)(=O)CC1CCOC1.Cl. The van der Waals surface area contributed by atoms with Crippen LogP contribution < -0.4 is 5.32 Å². The molecule has 1 unspecified atom stereocenters. The number of carbonyl (C=O) groups excluding carboxylic acids is 1. The lowest BCUT2D eigenvalue weighted by Gasteiger charge is -2.29. The third-order valence-corrected chi connectivity index (χ3v) is 5.74. The molecule has 2 aliphatic heterocycles. The summed E-state index contributed by atoms with van der Waals surface area (Å²) in [7, 11) is -1.91. The van der Waals surface area contributed by atoms with Gasteiger partial charge in [0.05, 0.1) is 18.9 Å². The van der Waals surface area contributed by atoms with Crippen LogP contribution in [-0.2, 0) is 19.6 Å². The summed E-state index contributed by atoms with van der Waals surface area (Å²) in [5.41, 5.74) is 0. The van der Waals surface area contributed by atoms with Gasteiger partial charge in [0.1, 0.15) is 0 Å². The summed E-state index contributed by atoms with van der Waals surface area (Å²) in [6.07, 6.45) is 0.777. The number of carbonyl (C=O) groups is 1. The Morgan fingerprint density at radius 2 is 2.05 bits per heavy atom. The molecular formula is C12H24ClN3O4S. The van der Waals surface area contributed by atoms with Gasteiger partial charge in [0.2, 0.25) is 15.9 Å². The molecule has 21 heavy (non-hydrogen) atoms. The van der Waals surface area contributed by atoms with Gasteiger partial charge >= 0.3 is 0 Å². The quantitative estimate of drug-likeness (QED) is 0.704. The summed E-state index contributed by atoms with van der Waals surface area (Å²) in [5.74, 6) is -0.00444. The molecule has 0 aromatic carbocycles. The lowest BCUT2D eigenvalue weighted by molar-refractivity contribution is -0.131. The Morgan fingerprint density at radius 1 is 1.38 bits per heavy atom. The highest BCUT2D eigenvalue weighted by Crippen LogP contribution is 2.16. The van der Waals surface area contributed by atoms with Gasteiger partial charge in [-0.05, 0) is 12.3 Å². The smallest absolute Gasteiger partial charge is 0.237 e. The molecule has 0 aliphatic carbocycles. The number of hydrogen-bond donors (Lipinski definition) is 1. The predicted molar refractivity (Wildman–Crippen MR) is 82.0 cm³/mol. The molecule has 2 heterocycles. The minimum atomic E-state index is -3.39. The van der Waals surface area contributed by atoms with E-state index in [9.17, 15) is 13.2 Å². The molecule has 9 heteroatoms. The summed E-state index contributed by atoms with van der Waals surface area (Å²) in [6.45, 7) is 3.87. The molecule has 2 saturated heterocycles. The fourth-order valence-corrected chi connectivity index (χ4v) is 3.86. The Balaban J connectivity index is 0.00000220. The molecule has 0 spiro atoms. The fourth-order valence-electron chi connectivity index (χ4n) is 2.44. The van der Waals surface area contributed by atoms with Crippen molar-refractivity contribution in [1.82, 2.24) is 14.5 Å². The maximum Gasteiger partial charge on any atom is 0.237 e. The van der Waals surface area contributed by atoms with Crippen molar-refractivity contribution >= 4 is 28.3 Å². The van der Waals surface area contributed by atoms with Crippen LogP contribution >= 0.6 is 12.4 Å². The summed E-state index contributed by atoms with van der Waals surface area (Å²) in [6, 6.07) is 0. The van der Waals surface area contributed by atoms with E-state index < -0.39 is 10.0 Å². The molecular weight excluding hydrogens is 318 g/mol. The number of ether oxygens (including phenoxy) is 1. The highest BCUT2D eigenvalue weighted by molar-refractivity contribution is 7.89. The van der Waals surface area contributed by atoms with Gasteiger partial charge in [-0.25, -0.2) is 8.42 Å². The molecule has 7 nitrogen and oxygen atoms in total. The molecule has 2 aliphatic rings. The van der Waals surface area contributed by atoms with E-state index in [1.54, 1.807) is 4.90 Å². The molecule has 1 amide bonds. The van der Waals surface area contributed by atoms with Crippen molar-refractivity contribution in [3.63, 3.8) is 0 Å². The van der Waals surface area contributed by atoms with Crippen molar-refractivity contribution in [2.45, 2.75) is 6.42 Å². The van der Waals surface area contributed by atoms with Crippen molar-refractivity contribution < 1.29 is 17.9 Å². The number of sulfonamides is 1. The number of amides is 1. The van der Waals surface area contributed by atoms with Crippen LogP contribution in [0.4, 0.5) is 0 Å². The van der Waals surface area contributed by atoms with E-state index in [0.717, 1.165) is 19.5 Å². The summed E-state index contributed by atoms with van der Waals surface area (Å²) < 4.78 is 30.8. The van der Waals surface area contributed by atoms with Crippen LogP contribution in [0.25, 0.3) is 0 Å². The van der Waals surface area contributed by atoms with Crippen LogP contribution in [0.3, 0.4) is 0 Å². The van der Waals surface area contributed by atoms with Gasteiger partial charge in [-0.15, -0.1) is 12.4 Å². The Bertz CT molecular complexity index is 434. The molecule has 0 saturated carbocycles. The zero-order valence-corrected chi connectivity index (χ0v) is 13.9. The lowest BCUT2D eigenvalue weighted by Crippen LogP contribution is -2.50. The highest BCUT2D eigenvalue weighted by Gasteiger charge is 2.28. The maximum absolute atomic E-state index is 12.2. The predicted octanol–water partition coefficient (Wildman–Crippen LogP) is -0.862. The number of nitrogens with one attached hydrogen (secondary N) is 1. The van der Waals surface area contributed by atoms with Crippen LogP contribution in [0.2, 0.25) is 0 Å². The van der Waals surface area contributed by atoms with Crippen LogP contribution in [0, 0.1) is 5.92 Å². The van der Waals surface area contributed by atoms with E-state index in [4.69, 9.17) is 4.74 Å². The molecule has 1 N–H and O–H groups in total. The Kier molecular flexibility index (Phi) is 7.35. The summed E-state index contributed by atoms with van der Waals surface area (Å²) >= 11 is 0. The third-order valence-electron chi connectivity index (χ3n) is 3.77. The molecule has 0 bridgehead atoms. The van der Waals surface area contributed by atoms with Gasteiger partial charge in [0, 0.05) is 39.8 Å². The first-order valence-corrected chi connectivity index (χ1v) is 8.60. The average Bonchev–Trinajstić information content (AvgIpc) is 2.91. The number of hydrogen-bond acceptors (Lipinski definition) is 5. The summed E-state index contributed by atoms with van der Waals surface area (Å²) in [4.78, 5) is 13.8. The Morgan fingerprint density at radius 3 is 2.62 bits per heavy atom. The standard InChI is InChI=1S/C12H23N3O4S.ClH/c1-14(8-12(16)15-5-3-13-4-6-15)20(17,18)10-11-2-7-19-9-11;/h11,13H,2-10H2,1H3;1H. The molecule has 2 fully saturated rings. The summed E-state index contributed by atoms with van der Waals surface area (Å²) in [5, 5.41) is 3.16. The van der Waals surface area contributed by atoms with Gasteiger partial charge in [0.15, 0.2) is 0 Å². The van der Waals surface area contributed by atoms with E-state index in [2.05, 4.69) is 5.32 Å². The van der Waals surface area contributed by atoms with Crippen LogP contribution in [0.5, 0.6) is 0 Å². The van der Waals surface area contributed by atoms with Gasteiger partial charge in [-0.1, -0.05) is 0 Å². The average molecular weight is 342 g/mol. The molecule has 0 aromatic heterocycles. The third kappa shape index (κ3) is 5.37. The highest BCUT2D eigenvalue weighted by atomic mass is 35.5. The van der Waals surface area contributed by atoms with Gasteiger partial charge < -0.3 is 15.0 Å². The fraction of sp³-hybridized carbons (Fsp3) is 0.917. The first-order valence-electron chi connectivity index (χ1n) is 6.99. The van der Waals surface area contributed by atoms with Crippen molar-refractivity contribution in [2.24, 2.45) is 5.92 Å². The zero-order chi connectivity index (χ0) is 14.6. The molecule has 0 radical (unpaired) electrons. The van der Waals surface area contributed by atoms with Crippen LogP contribution in [0.15, 0.2) is 0 Å². The minimum absolute atomic E-state index is 0. The van der Waals surface area contributed by atoms with Gasteiger partial charge in [-0.3, -0.25) is 4.79 Å². The largest absolute Gasteiger partial charge is 0.381 e. The number of piperazine rings is 1. The number of halogens is 1. The molecule has 0 aromatic rings. The Labute approximate surface area is 132 Å². The van der Waals surface area contributed by atoms with E-state index in [1.807, 2.05) is 0 Å². The second-order valence-corrected chi connectivity index (χ2v) is 7.52. The molecule has 124 valence electrons. The lowest BCUT2D eigenvalue weighted by atomic mass is 10.2. The van der Waals surface area contributed by atoms with E-state index >= 15 is 0 Å². The van der Waals surface area contributed by atoms with E-state index in [1.165, 1.54) is 11.4 Å². The monoisotopic (exact) mass is 341 g/mol. The number of rotatable bonds is 5. The van der Waals surface area contributed by atoms with Crippen molar-refractivity contribution in [3.8, 4) is 0 Å². The topological polar surface area (TPSA) is 79.0 Å². The van der Waals surface area contributed by atoms with Crippen LogP contribution in [0.1, 0.15) is 6.42 Å². The second kappa shape index (κ2) is 8.28. The van der Waals surface area contributed by atoms with Crippen molar-refractivity contribution in [1.29, 1.82) is 0 Å². The minimum Gasteiger partial charge on any atom is -0.381 e. The van der Waals surface area contributed by atoms with Gasteiger partial charge in [0.25, 0.3) is 0 Å². The molecule has 1 atom stereocenters. The number of nitrogens with zero attached hydrogens (tertiary/aromatic N) is 2. The zero-order valence-electron chi connectivity index (χ0n) is 12.3. The van der Waals surface area contributed by atoms with Crippen molar-refractivity contribution in [2.75, 3.05) is 58.7 Å². The van der Waals surface area contributed by atoms with E-state index in [-0.39, 0.29) is 36.5 Å².